The predicted molar refractivity (Wildman–Crippen MR) is 80.4 cm³/mol. The number of piperidine rings is 1. The van der Waals surface area contributed by atoms with Gasteiger partial charge in [-0.15, -0.1) is 11.3 Å². The molecule has 0 spiro atoms. The fraction of sp³-hybridized carbons (Fsp3) is 0.357. The third-order valence-electron chi connectivity index (χ3n) is 3.47. The second-order valence-corrected chi connectivity index (χ2v) is 6.39. The van der Waals surface area contributed by atoms with Crippen molar-refractivity contribution in [3.8, 4) is 10.6 Å². The number of halogens is 3. The molecule has 0 aliphatic carbocycles. The zero-order valence-electron chi connectivity index (χ0n) is 11.4. The summed E-state index contributed by atoms with van der Waals surface area (Å²) in [5.41, 5.74) is 0.763. The van der Waals surface area contributed by atoms with E-state index in [0.29, 0.717) is 5.01 Å². The average Bonchev–Trinajstić information content (AvgIpc) is 2.89. The van der Waals surface area contributed by atoms with Crippen molar-refractivity contribution in [2.75, 3.05) is 13.1 Å². The molecule has 116 valence electrons. The van der Waals surface area contributed by atoms with Crippen molar-refractivity contribution in [2.45, 2.75) is 18.8 Å². The predicted octanol–water partition coefficient (Wildman–Crippen LogP) is 3.73. The van der Waals surface area contributed by atoms with E-state index in [-0.39, 0.29) is 41.9 Å². The Labute approximate surface area is 134 Å². The monoisotopic (exact) mass is 343 g/mol. The maximum atomic E-state index is 13.2. The van der Waals surface area contributed by atoms with Crippen LogP contribution in [-0.2, 0) is 0 Å². The van der Waals surface area contributed by atoms with Gasteiger partial charge in [0.05, 0.1) is 0 Å². The summed E-state index contributed by atoms with van der Waals surface area (Å²) >= 11 is 7.20. The fourth-order valence-corrected chi connectivity index (χ4v) is 3.47. The van der Waals surface area contributed by atoms with Gasteiger partial charge >= 0.3 is 0 Å². The van der Waals surface area contributed by atoms with Gasteiger partial charge in [-0.1, -0.05) is 11.6 Å². The first-order valence-electron chi connectivity index (χ1n) is 6.70. The van der Waals surface area contributed by atoms with Crippen LogP contribution in [0.4, 0.5) is 8.78 Å². The SMILES string of the molecule is O=C(c1sc(-c2cccnc2)nc1Cl)N1CCC(F)(F)CC1. The third kappa shape index (κ3) is 3.10. The number of hydrogen-bond acceptors (Lipinski definition) is 4. The minimum Gasteiger partial charge on any atom is -0.337 e. The van der Waals surface area contributed by atoms with Crippen molar-refractivity contribution in [3.63, 3.8) is 0 Å². The van der Waals surface area contributed by atoms with Crippen molar-refractivity contribution in [3.05, 3.63) is 34.6 Å². The van der Waals surface area contributed by atoms with E-state index < -0.39 is 5.92 Å². The van der Waals surface area contributed by atoms with Crippen LogP contribution in [0, 0.1) is 0 Å². The van der Waals surface area contributed by atoms with Gasteiger partial charge < -0.3 is 4.90 Å². The Morgan fingerprint density at radius 3 is 2.73 bits per heavy atom. The summed E-state index contributed by atoms with van der Waals surface area (Å²) in [6, 6.07) is 3.58. The summed E-state index contributed by atoms with van der Waals surface area (Å²) in [6.07, 6.45) is 2.64. The summed E-state index contributed by atoms with van der Waals surface area (Å²) in [7, 11) is 0. The van der Waals surface area contributed by atoms with Gasteiger partial charge in [0.1, 0.15) is 9.88 Å². The van der Waals surface area contributed by atoms with Crippen LogP contribution >= 0.6 is 22.9 Å². The highest BCUT2D eigenvalue weighted by Gasteiger charge is 2.36. The molecule has 1 saturated heterocycles. The number of aromatic nitrogens is 2. The fourth-order valence-electron chi connectivity index (χ4n) is 2.23. The smallest absolute Gasteiger partial charge is 0.267 e. The molecule has 8 heteroatoms. The number of amides is 1. The number of rotatable bonds is 2. The van der Waals surface area contributed by atoms with E-state index in [2.05, 4.69) is 9.97 Å². The highest BCUT2D eigenvalue weighted by molar-refractivity contribution is 7.17. The largest absolute Gasteiger partial charge is 0.337 e. The van der Waals surface area contributed by atoms with Crippen LogP contribution < -0.4 is 0 Å². The minimum atomic E-state index is -2.69. The van der Waals surface area contributed by atoms with Gasteiger partial charge in [0.15, 0.2) is 5.15 Å². The second kappa shape index (κ2) is 5.89. The molecule has 2 aromatic rings. The van der Waals surface area contributed by atoms with E-state index in [1.54, 1.807) is 18.5 Å². The van der Waals surface area contributed by atoms with E-state index in [1.807, 2.05) is 6.07 Å². The molecule has 1 fully saturated rings. The highest BCUT2D eigenvalue weighted by atomic mass is 35.5. The van der Waals surface area contributed by atoms with Crippen LogP contribution in [0.25, 0.3) is 10.6 Å². The Balaban J connectivity index is 1.81. The molecule has 0 radical (unpaired) electrons. The van der Waals surface area contributed by atoms with Crippen molar-refractivity contribution in [1.82, 2.24) is 14.9 Å². The molecule has 22 heavy (non-hydrogen) atoms. The van der Waals surface area contributed by atoms with Gasteiger partial charge in [0.25, 0.3) is 11.8 Å². The molecular formula is C14H12ClF2N3OS. The zero-order chi connectivity index (χ0) is 15.7. The van der Waals surface area contributed by atoms with Gasteiger partial charge in [0.2, 0.25) is 0 Å². The van der Waals surface area contributed by atoms with Gasteiger partial charge in [-0.05, 0) is 12.1 Å². The van der Waals surface area contributed by atoms with E-state index in [4.69, 9.17) is 11.6 Å². The standard InChI is InChI=1S/C14H12ClF2N3OS/c15-11-10(13(21)20-6-3-14(16,17)4-7-20)22-12(19-11)9-2-1-5-18-8-9/h1-2,5,8H,3-4,6-7H2. The van der Waals surface area contributed by atoms with Crippen LogP contribution in [0.3, 0.4) is 0 Å². The molecule has 0 bridgehead atoms. The summed E-state index contributed by atoms with van der Waals surface area (Å²) in [5, 5.41) is 0.690. The molecule has 1 aliphatic rings. The summed E-state index contributed by atoms with van der Waals surface area (Å²) in [6.45, 7) is 0.0601. The molecule has 0 unspecified atom stereocenters. The molecule has 1 amide bonds. The molecule has 1 aliphatic heterocycles. The molecule has 3 rings (SSSR count). The second-order valence-electron chi connectivity index (χ2n) is 5.03. The van der Waals surface area contributed by atoms with Crippen LogP contribution in [0.15, 0.2) is 24.5 Å². The summed E-state index contributed by atoms with van der Waals surface area (Å²) in [4.78, 5) is 22.3. The molecule has 0 N–H and O–H groups in total. The van der Waals surface area contributed by atoms with Gasteiger partial charge in [-0.25, -0.2) is 13.8 Å². The first kappa shape index (κ1) is 15.3. The number of likely N-dealkylation sites (tertiary alicyclic amines) is 1. The lowest BCUT2D eigenvalue weighted by Gasteiger charge is -2.31. The van der Waals surface area contributed by atoms with E-state index in [9.17, 15) is 13.6 Å². The normalized spacial score (nSPS) is 17.5. The van der Waals surface area contributed by atoms with Crippen molar-refractivity contribution < 1.29 is 13.6 Å². The van der Waals surface area contributed by atoms with Gasteiger partial charge in [-0.2, -0.15) is 0 Å². The molecule has 4 nitrogen and oxygen atoms in total. The lowest BCUT2D eigenvalue weighted by molar-refractivity contribution is -0.0493. The molecule has 2 aromatic heterocycles. The van der Waals surface area contributed by atoms with E-state index >= 15 is 0 Å². The number of carbonyl (C=O) groups excluding carboxylic acids is 1. The summed E-state index contributed by atoms with van der Waals surface area (Å²) < 4.78 is 26.3. The third-order valence-corrected chi connectivity index (χ3v) is 4.95. The van der Waals surface area contributed by atoms with Gasteiger partial charge in [-0.3, -0.25) is 9.78 Å². The van der Waals surface area contributed by atoms with Crippen molar-refractivity contribution >= 4 is 28.8 Å². The van der Waals surface area contributed by atoms with Crippen LogP contribution in [0.2, 0.25) is 5.15 Å². The lowest BCUT2D eigenvalue weighted by atomic mass is 10.1. The minimum absolute atomic E-state index is 0.0300. The first-order chi connectivity index (χ1) is 10.5. The molecule has 0 saturated carbocycles. The number of alkyl halides is 2. The first-order valence-corrected chi connectivity index (χ1v) is 7.89. The van der Waals surface area contributed by atoms with Crippen molar-refractivity contribution in [2.24, 2.45) is 0 Å². The highest BCUT2D eigenvalue weighted by Crippen LogP contribution is 2.33. The number of pyridine rings is 1. The Morgan fingerprint density at radius 1 is 1.36 bits per heavy atom. The maximum absolute atomic E-state index is 13.2. The average molecular weight is 344 g/mol. The number of hydrogen-bond donors (Lipinski definition) is 0. The Morgan fingerprint density at radius 2 is 2.09 bits per heavy atom. The lowest BCUT2D eigenvalue weighted by Crippen LogP contribution is -2.42. The quantitative estimate of drug-likeness (QED) is 0.834. The Kier molecular flexibility index (Phi) is 4.10. The van der Waals surface area contributed by atoms with E-state index in [1.165, 1.54) is 4.90 Å². The topological polar surface area (TPSA) is 46.1 Å². The van der Waals surface area contributed by atoms with Crippen LogP contribution in [0.1, 0.15) is 22.5 Å². The Bertz CT molecular complexity index is 683. The van der Waals surface area contributed by atoms with Crippen LogP contribution in [0.5, 0.6) is 0 Å². The number of nitrogens with zero attached hydrogens (tertiary/aromatic N) is 3. The molecule has 0 aromatic carbocycles. The number of carbonyl (C=O) groups is 1. The molecule has 3 heterocycles. The Hall–Kier alpha value is -1.60. The van der Waals surface area contributed by atoms with E-state index in [0.717, 1.165) is 16.9 Å². The van der Waals surface area contributed by atoms with Gasteiger partial charge in [0, 0.05) is 43.9 Å². The molecular weight excluding hydrogens is 332 g/mol. The zero-order valence-corrected chi connectivity index (χ0v) is 13.0. The van der Waals surface area contributed by atoms with Crippen LogP contribution in [-0.4, -0.2) is 39.8 Å². The maximum Gasteiger partial charge on any atom is 0.267 e. The van der Waals surface area contributed by atoms with Crippen molar-refractivity contribution in [1.29, 1.82) is 0 Å². The molecule has 0 atom stereocenters. The number of thiazole rings is 1. The summed E-state index contributed by atoms with van der Waals surface area (Å²) in [5.74, 6) is -3.03.